The summed E-state index contributed by atoms with van der Waals surface area (Å²) in [4.78, 5) is 0. The Hall–Kier alpha value is -0.580. The van der Waals surface area contributed by atoms with Crippen LogP contribution in [0.1, 0.15) is 6.92 Å². The smallest absolute Gasteiger partial charge is 0.108 e. The van der Waals surface area contributed by atoms with Crippen LogP contribution in [-0.2, 0) is 0 Å². The fourth-order valence-corrected chi connectivity index (χ4v) is 0.113. The molecule has 0 amide bonds. The fourth-order valence-electron chi connectivity index (χ4n) is 0.113. The molecule has 0 aliphatic carbocycles. The van der Waals surface area contributed by atoms with Gasteiger partial charge in [0.1, 0.15) is 13.3 Å². The molecule has 0 fully saturated rings. The number of hydrogen-bond acceptors (Lipinski definition) is 0. The van der Waals surface area contributed by atoms with Crippen molar-refractivity contribution in [1.29, 1.82) is 0 Å². The highest BCUT2D eigenvalue weighted by molar-refractivity contribution is 5.02. The number of alkyl halides is 2. The third-order valence-electron chi connectivity index (χ3n) is 0.938. The molecule has 0 spiro atoms. The number of hydrogen-bond donors (Lipinski definition) is 0. The largest absolute Gasteiger partial charge is 0.249 e. The molecule has 0 heterocycles. The summed E-state index contributed by atoms with van der Waals surface area (Å²) < 4.78 is 23.3. The van der Waals surface area contributed by atoms with Crippen LogP contribution >= 0.6 is 0 Å². The van der Waals surface area contributed by atoms with Crippen LogP contribution in [0, 0.1) is 17.8 Å². The average molecular weight is 118 g/mol. The van der Waals surface area contributed by atoms with Crippen molar-refractivity contribution in [1.82, 2.24) is 0 Å². The maximum absolute atomic E-state index is 11.7. The van der Waals surface area contributed by atoms with Crippen LogP contribution < -0.4 is 0 Å². The van der Waals surface area contributed by atoms with Crippen molar-refractivity contribution in [3.8, 4) is 12.3 Å². The van der Waals surface area contributed by atoms with Gasteiger partial charge < -0.3 is 0 Å². The predicted octanol–water partition coefficient (Wildman–Crippen LogP) is 1.56. The van der Waals surface area contributed by atoms with E-state index in [0.717, 1.165) is 0 Å². The zero-order chi connectivity index (χ0) is 6.62. The molecule has 46 valence electrons. The van der Waals surface area contributed by atoms with Crippen molar-refractivity contribution in [2.45, 2.75) is 6.92 Å². The molecule has 0 aromatic heterocycles. The summed E-state index contributed by atoms with van der Waals surface area (Å²) in [6, 6.07) is 0. The lowest BCUT2D eigenvalue weighted by Gasteiger charge is -2.12. The van der Waals surface area contributed by atoms with Crippen LogP contribution in [0.5, 0.6) is 0 Å². The standard InChI is InChI=1S/C6H8F2/c1-3-6(2,4-7)5-8/h1H,4-5H2,2H3. The minimum Gasteiger partial charge on any atom is -0.249 e. The number of halogens is 2. The van der Waals surface area contributed by atoms with Crippen LogP contribution in [0.2, 0.25) is 0 Å². The van der Waals surface area contributed by atoms with E-state index in [1.807, 2.05) is 5.92 Å². The Kier molecular flexibility index (Phi) is 2.47. The summed E-state index contributed by atoms with van der Waals surface area (Å²) in [5.41, 5.74) is -1.18. The average Bonchev–Trinajstić information content (AvgIpc) is 1.87. The molecule has 0 rings (SSSR count). The molecule has 0 unspecified atom stereocenters. The monoisotopic (exact) mass is 118 g/mol. The first-order chi connectivity index (χ1) is 3.68. The minimum atomic E-state index is -1.18. The van der Waals surface area contributed by atoms with E-state index in [9.17, 15) is 8.78 Å². The van der Waals surface area contributed by atoms with Gasteiger partial charge in [-0.25, -0.2) is 8.78 Å². The third kappa shape index (κ3) is 1.49. The van der Waals surface area contributed by atoms with E-state index in [2.05, 4.69) is 0 Å². The van der Waals surface area contributed by atoms with Gasteiger partial charge in [-0.05, 0) is 6.92 Å². The highest BCUT2D eigenvalue weighted by Crippen LogP contribution is 2.14. The van der Waals surface area contributed by atoms with Gasteiger partial charge in [-0.3, -0.25) is 0 Å². The Morgan fingerprint density at radius 3 is 1.88 bits per heavy atom. The normalized spacial score (nSPS) is 10.8. The minimum absolute atomic E-state index is 0.792. The van der Waals surface area contributed by atoms with E-state index < -0.39 is 18.8 Å². The zero-order valence-electron chi connectivity index (χ0n) is 4.75. The highest BCUT2D eigenvalue weighted by atomic mass is 19.1. The topological polar surface area (TPSA) is 0 Å². The molecule has 0 atom stereocenters. The van der Waals surface area contributed by atoms with Crippen molar-refractivity contribution in [3.05, 3.63) is 0 Å². The fraction of sp³-hybridized carbons (Fsp3) is 0.667. The Balaban J connectivity index is 3.83. The third-order valence-corrected chi connectivity index (χ3v) is 0.938. The molecule has 0 saturated heterocycles. The second kappa shape index (κ2) is 2.66. The Labute approximate surface area is 47.9 Å². The lowest BCUT2D eigenvalue weighted by molar-refractivity contribution is 0.241. The second-order valence-electron chi connectivity index (χ2n) is 1.97. The Morgan fingerprint density at radius 1 is 1.50 bits per heavy atom. The summed E-state index contributed by atoms with van der Waals surface area (Å²) in [5.74, 6) is 2.03. The summed E-state index contributed by atoms with van der Waals surface area (Å²) >= 11 is 0. The van der Waals surface area contributed by atoms with Crippen molar-refractivity contribution in [2.75, 3.05) is 13.3 Å². The molecule has 0 N–H and O–H groups in total. The molecule has 0 nitrogen and oxygen atoms in total. The molecular formula is C6H8F2. The molecular weight excluding hydrogens is 110 g/mol. The summed E-state index contributed by atoms with van der Waals surface area (Å²) in [5, 5.41) is 0. The van der Waals surface area contributed by atoms with Crippen molar-refractivity contribution in [2.24, 2.45) is 5.41 Å². The maximum atomic E-state index is 11.7. The molecule has 2 heteroatoms. The number of terminal acetylenes is 1. The quantitative estimate of drug-likeness (QED) is 0.483. The molecule has 8 heavy (non-hydrogen) atoms. The Bertz CT molecular complexity index is 97.6. The van der Waals surface area contributed by atoms with Crippen molar-refractivity contribution < 1.29 is 8.78 Å². The van der Waals surface area contributed by atoms with Crippen LogP contribution in [0.25, 0.3) is 0 Å². The van der Waals surface area contributed by atoms with E-state index in [4.69, 9.17) is 6.42 Å². The first kappa shape index (κ1) is 7.42. The number of rotatable bonds is 2. The summed E-state index contributed by atoms with van der Waals surface area (Å²) in [6.07, 6.45) is 4.80. The van der Waals surface area contributed by atoms with Crippen molar-refractivity contribution in [3.63, 3.8) is 0 Å². The SMILES string of the molecule is C#CC(C)(CF)CF. The lowest BCUT2D eigenvalue weighted by atomic mass is 9.96. The van der Waals surface area contributed by atoms with E-state index >= 15 is 0 Å². The first-order valence-corrected chi connectivity index (χ1v) is 2.28. The summed E-state index contributed by atoms with van der Waals surface area (Å²) in [7, 11) is 0. The van der Waals surface area contributed by atoms with Gasteiger partial charge in [-0.15, -0.1) is 6.42 Å². The van der Waals surface area contributed by atoms with Crippen molar-refractivity contribution >= 4 is 0 Å². The molecule has 0 aliphatic heterocycles. The molecule has 0 bridgehead atoms. The van der Waals surface area contributed by atoms with E-state index in [0.29, 0.717) is 0 Å². The summed E-state index contributed by atoms with van der Waals surface area (Å²) in [6.45, 7) is -0.215. The maximum Gasteiger partial charge on any atom is 0.108 e. The Morgan fingerprint density at radius 2 is 1.88 bits per heavy atom. The van der Waals surface area contributed by atoms with Gasteiger partial charge >= 0.3 is 0 Å². The second-order valence-corrected chi connectivity index (χ2v) is 1.97. The van der Waals surface area contributed by atoms with Gasteiger partial charge in [0, 0.05) is 0 Å². The predicted molar refractivity (Wildman–Crippen MR) is 28.9 cm³/mol. The highest BCUT2D eigenvalue weighted by Gasteiger charge is 2.20. The molecule has 0 radical (unpaired) electrons. The van der Waals surface area contributed by atoms with Crippen LogP contribution in [0.4, 0.5) is 8.78 Å². The zero-order valence-corrected chi connectivity index (χ0v) is 4.75. The van der Waals surface area contributed by atoms with E-state index in [1.165, 1.54) is 6.92 Å². The van der Waals surface area contributed by atoms with Gasteiger partial charge in [-0.1, -0.05) is 5.92 Å². The van der Waals surface area contributed by atoms with Gasteiger partial charge in [0.05, 0.1) is 5.41 Å². The molecule has 0 saturated carbocycles. The van der Waals surface area contributed by atoms with Crippen LogP contribution in [0.3, 0.4) is 0 Å². The van der Waals surface area contributed by atoms with Crippen LogP contribution in [-0.4, -0.2) is 13.3 Å². The first-order valence-electron chi connectivity index (χ1n) is 2.28. The molecule has 0 aromatic rings. The van der Waals surface area contributed by atoms with Crippen LogP contribution in [0.15, 0.2) is 0 Å². The molecule has 0 aliphatic rings. The van der Waals surface area contributed by atoms with E-state index in [-0.39, 0.29) is 0 Å². The van der Waals surface area contributed by atoms with Gasteiger partial charge in [0.25, 0.3) is 0 Å². The van der Waals surface area contributed by atoms with Gasteiger partial charge in [-0.2, -0.15) is 0 Å². The van der Waals surface area contributed by atoms with Gasteiger partial charge in [0.15, 0.2) is 0 Å². The van der Waals surface area contributed by atoms with E-state index in [1.54, 1.807) is 0 Å². The van der Waals surface area contributed by atoms with Gasteiger partial charge in [0.2, 0.25) is 0 Å². The molecule has 0 aromatic carbocycles. The lowest BCUT2D eigenvalue weighted by Crippen LogP contribution is -2.18.